The van der Waals surface area contributed by atoms with Crippen LogP contribution in [0.2, 0.25) is 0 Å². The zero-order valence-electron chi connectivity index (χ0n) is 14.2. The van der Waals surface area contributed by atoms with Gasteiger partial charge < -0.3 is 14.6 Å². The number of nitrogens with one attached hydrogen (secondary N) is 1. The fraction of sp³-hybridized carbons (Fsp3) is 0.778. The molecule has 1 aromatic rings. The first kappa shape index (κ1) is 16.5. The number of carbonyl (C=O) groups is 1. The molecular weight excluding hydrogens is 290 g/mol. The fourth-order valence-electron chi connectivity index (χ4n) is 3.91. The Hall–Kier alpha value is -1.36. The number of ether oxygens (including phenoxy) is 1. The van der Waals surface area contributed by atoms with Crippen molar-refractivity contribution in [1.82, 2.24) is 14.9 Å². The molecule has 0 aromatic carbocycles. The van der Waals surface area contributed by atoms with E-state index in [2.05, 4.69) is 21.8 Å². The third-order valence-corrected chi connectivity index (χ3v) is 5.28. The van der Waals surface area contributed by atoms with Crippen molar-refractivity contribution in [2.24, 2.45) is 5.92 Å². The Morgan fingerprint density at radius 1 is 1.30 bits per heavy atom. The summed E-state index contributed by atoms with van der Waals surface area (Å²) in [7, 11) is 0. The SMILES string of the molecule is Cc1cnc(C2CCOCC2)n1CCNC(=O)CC1CCCC1. The van der Waals surface area contributed by atoms with Gasteiger partial charge in [-0.05, 0) is 38.5 Å². The molecule has 0 atom stereocenters. The Kier molecular flexibility index (Phi) is 5.70. The van der Waals surface area contributed by atoms with E-state index in [0.29, 0.717) is 24.8 Å². The number of nitrogens with zero attached hydrogens (tertiary/aromatic N) is 2. The topological polar surface area (TPSA) is 56.1 Å². The van der Waals surface area contributed by atoms with Gasteiger partial charge in [0.1, 0.15) is 5.82 Å². The molecule has 3 rings (SSSR count). The van der Waals surface area contributed by atoms with Gasteiger partial charge in [0.2, 0.25) is 5.91 Å². The molecule has 1 saturated carbocycles. The van der Waals surface area contributed by atoms with Crippen LogP contribution in [0.25, 0.3) is 0 Å². The highest BCUT2D eigenvalue weighted by Crippen LogP contribution is 2.28. The molecule has 2 aliphatic rings. The summed E-state index contributed by atoms with van der Waals surface area (Å²) in [6, 6.07) is 0. The second kappa shape index (κ2) is 7.95. The summed E-state index contributed by atoms with van der Waals surface area (Å²) >= 11 is 0. The van der Waals surface area contributed by atoms with E-state index in [1.54, 1.807) is 0 Å². The zero-order chi connectivity index (χ0) is 16.1. The smallest absolute Gasteiger partial charge is 0.220 e. The van der Waals surface area contributed by atoms with Crippen LogP contribution < -0.4 is 5.32 Å². The quantitative estimate of drug-likeness (QED) is 0.877. The van der Waals surface area contributed by atoms with E-state index in [4.69, 9.17) is 4.74 Å². The lowest BCUT2D eigenvalue weighted by atomic mass is 9.99. The number of hydrogen-bond donors (Lipinski definition) is 1. The lowest BCUT2D eigenvalue weighted by molar-refractivity contribution is -0.122. The third kappa shape index (κ3) is 4.34. The number of carbonyl (C=O) groups excluding carboxylic acids is 1. The Morgan fingerprint density at radius 2 is 2.04 bits per heavy atom. The molecule has 5 nitrogen and oxygen atoms in total. The van der Waals surface area contributed by atoms with Crippen molar-refractivity contribution in [2.75, 3.05) is 19.8 Å². The lowest BCUT2D eigenvalue weighted by Crippen LogP contribution is -2.29. The van der Waals surface area contributed by atoms with E-state index in [-0.39, 0.29) is 5.91 Å². The molecule has 2 heterocycles. The van der Waals surface area contributed by atoms with Gasteiger partial charge in [-0.2, -0.15) is 0 Å². The number of imidazole rings is 1. The van der Waals surface area contributed by atoms with Crippen LogP contribution in [-0.4, -0.2) is 35.2 Å². The first-order valence-electron chi connectivity index (χ1n) is 9.10. The minimum absolute atomic E-state index is 0.210. The number of amides is 1. The molecule has 128 valence electrons. The molecule has 5 heteroatoms. The van der Waals surface area contributed by atoms with Gasteiger partial charge in [0.05, 0.1) is 0 Å². The second-order valence-corrected chi connectivity index (χ2v) is 7.00. The normalized spacial score (nSPS) is 20.0. The van der Waals surface area contributed by atoms with Crippen molar-refractivity contribution in [3.8, 4) is 0 Å². The Bertz CT molecular complexity index is 514. The van der Waals surface area contributed by atoms with Gasteiger partial charge in [-0.3, -0.25) is 4.79 Å². The van der Waals surface area contributed by atoms with Crippen molar-refractivity contribution in [3.05, 3.63) is 17.7 Å². The summed E-state index contributed by atoms with van der Waals surface area (Å²) in [5, 5.41) is 3.09. The highest BCUT2D eigenvalue weighted by Gasteiger charge is 2.22. The predicted octanol–water partition coefficient (Wildman–Crippen LogP) is 2.78. The van der Waals surface area contributed by atoms with Gasteiger partial charge in [-0.1, -0.05) is 12.8 Å². The largest absolute Gasteiger partial charge is 0.381 e. The van der Waals surface area contributed by atoms with Crippen molar-refractivity contribution in [2.45, 2.75) is 64.3 Å². The molecule has 23 heavy (non-hydrogen) atoms. The van der Waals surface area contributed by atoms with Crippen LogP contribution in [0.15, 0.2) is 6.20 Å². The number of hydrogen-bond acceptors (Lipinski definition) is 3. The highest BCUT2D eigenvalue weighted by molar-refractivity contribution is 5.76. The number of rotatable bonds is 6. The first-order valence-corrected chi connectivity index (χ1v) is 9.10. The van der Waals surface area contributed by atoms with Crippen LogP contribution in [-0.2, 0) is 16.1 Å². The van der Waals surface area contributed by atoms with Crippen molar-refractivity contribution < 1.29 is 9.53 Å². The number of aryl methyl sites for hydroxylation is 1. The molecular formula is C18H29N3O2. The Morgan fingerprint density at radius 3 is 2.78 bits per heavy atom. The zero-order valence-corrected chi connectivity index (χ0v) is 14.2. The molecule has 1 saturated heterocycles. The fourth-order valence-corrected chi connectivity index (χ4v) is 3.91. The summed E-state index contributed by atoms with van der Waals surface area (Å²) in [5.74, 6) is 2.48. The van der Waals surface area contributed by atoms with E-state index in [1.165, 1.54) is 31.4 Å². The molecule has 0 bridgehead atoms. The molecule has 0 radical (unpaired) electrons. The van der Waals surface area contributed by atoms with E-state index < -0.39 is 0 Å². The predicted molar refractivity (Wildman–Crippen MR) is 89.3 cm³/mol. The maximum absolute atomic E-state index is 12.0. The minimum Gasteiger partial charge on any atom is -0.381 e. The van der Waals surface area contributed by atoms with Crippen LogP contribution in [0.3, 0.4) is 0 Å². The molecule has 0 spiro atoms. The molecule has 1 N–H and O–H groups in total. The molecule has 1 aliphatic carbocycles. The first-order chi connectivity index (χ1) is 11.2. The van der Waals surface area contributed by atoms with Gasteiger partial charge in [0.25, 0.3) is 0 Å². The second-order valence-electron chi connectivity index (χ2n) is 7.00. The maximum Gasteiger partial charge on any atom is 0.220 e. The van der Waals surface area contributed by atoms with E-state index in [9.17, 15) is 4.79 Å². The maximum atomic E-state index is 12.0. The van der Waals surface area contributed by atoms with E-state index in [1.807, 2.05) is 6.20 Å². The molecule has 1 aromatic heterocycles. The van der Waals surface area contributed by atoms with Crippen molar-refractivity contribution in [3.63, 3.8) is 0 Å². The molecule has 2 fully saturated rings. The monoisotopic (exact) mass is 319 g/mol. The average molecular weight is 319 g/mol. The summed E-state index contributed by atoms with van der Waals surface area (Å²) in [5.41, 5.74) is 1.18. The van der Waals surface area contributed by atoms with Gasteiger partial charge in [-0.25, -0.2) is 4.98 Å². The summed E-state index contributed by atoms with van der Waals surface area (Å²) in [4.78, 5) is 16.7. The Labute approximate surface area is 138 Å². The molecule has 1 aliphatic heterocycles. The van der Waals surface area contributed by atoms with Crippen LogP contribution in [0.4, 0.5) is 0 Å². The van der Waals surface area contributed by atoms with Gasteiger partial charge >= 0.3 is 0 Å². The van der Waals surface area contributed by atoms with Crippen LogP contribution in [0, 0.1) is 12.8 Å². The third-order valence-electron chi connectivity index (χ3n) is 5.28. The van der Waals surface area contributed by atoms with Crippen molar-refractivity contribution in [1.29, 1.82) is 0 Å². The van der Waals surface area contributed by atoms with Gasteiger partial charge in [-0.15, -0.1) is 0 Å². The standard InChI is InChI=1S/C18H29N3O2/c1-14-13-20-18(16-6-10-23-11-7-16)21(14)9-8-19-17(22)12-15-4-2-3-5-15/h13,15-16H,2-12H2,1H3,(H,19,22). The van der Waals surface area contributed by atoms with Gasteiger partial charge in [0, 0.05) is 50.5 Å². The van der Waals surface area contributed by atoms with E-state index >= 15 is 0 Å². The summed E-state index contributed by atoms with van der Waals surface area (Å²) in [6.07, 6.45) is 9.78. The van der Waals surface area contributed by atoms with Crippen molar-refractivity contribution >= 4 is 5.91 Å². The summed E-state index contributed by atoms with van der Waals surface area (Å²) in [6.45, 7) is 5.26. The van der Waals surface area contributed by atoms with Crippen LogP contribution in [0.1, 0.15) is 62.4 Å². The lowest BCUT2D eigenvalue weighted by Gasteiger charge is -2.23. The summed E-state index contributed by atoms with van der Waals surface area (Å²) < 4.78 is 7.72. The van der Waals surface area contributed by atoms with Gasteiger partial charge in [0.15, 0.2) is 0 Å². The van der Waals surface area contributed by atoms with E-state index in [0.717, 1.165) is 38.4 Å². The Balaban J connectivity index is 1.49. The number of aromatic nitrogens is 2. The van der Waals surface area contributed by atoms with Crippen LogP contribution in [0.5, 0.6) is 0 Å². The van der Waals surface area contributed by atoms with Crippen LogP contribution >= 0.6 is 0 Å². The highest BCUT2D eigenvalue weighted by atomic mass is 16.5. The average Bonchev–Trinajstić information content (AvgIpc) is 3.19. The molecule has 0 unspecified atom stereocenters. The minimum atomic E-state index is 0.210. The molecule has 1 amide bonds.